The third-order valence-corrected chi connectivity index (χ3v) is 3.33. The van der Waals surface area contributed by atoms with Crippen molar-refractivity contribution in [1.29, 1.82) is 0 Å². The number of amides is 1. The predicted octanol–water partition coefficient (Wildman–Crippen LogP) is 3.21. The van der Waals surface area contributed by atoms with Crippen LogP contribution in [-0.4, -0.2) is 15.9 Å². The molecule has 0 aliphatic carbocycles. The lowest BCUT2D eigenvalue weighted by Gasteiger charge is -2.13. The Morgan fingerprint density at radius 2 is 1.95 bits per heavy atom. The molecule has 2 N–H and O–H groups in total. The molecular weight excluding hydrogens is 284 g/mol. The highest BCUT2D eigenvalue weighted by Gasteiger charge is 2.16. The van der Waals surface area contributed by atoms with Crippen LogP contribution in [0.3, 0.4) is 0 Å². The number of hydrogen-bond acceptors (Lipinski definition) is 4. The Labute approximate surface area is 127 Å². The van der Waals surface area contributed by atoms with E-state index in [1.807, 2.05) is 0 Å². The molecule has 0 spiro atoms. The van der Waals surface area contributed by atoms with Crippen LogP contribution >= 0.6 is 0 Å². The first-order valence-corrected chi connectivity index (χ1v) is 6.73. The van der Waals surface area contributed by atoms with Gasteiger partial charge in [-0.25, -0.2) is 0 Å². The van der Waals surface area contributed by atoms with Crippen molar-refractivity contribution in [3.63, 3.8) is 0 Å². The number of aliphatic hydroxyl groups is 1. The van der Waals surface area contributed by atoms with E-state index in [0.29, 0.717) is 16.8 Å². The Hall–Kier alpha value is -2.73. The molecule has 0 radical (unpaired) electrons. The zero-order valence-corrected chi connectivity index (χ0v) is 12.2. The predicted molar refractivity (Wildman–Crippen MR) is 82.9 cm³/mol. The summed E-state index contributed by atoms with van der Waals surface area (Å²) < 4.78 is 0. The van der Waals surface area contributed by atoms with Gasteiger partial charge < -0.3 is 10.4 Å². The first-order valence-electron chi connectivity index (χ1n) is 6.73. The normalized spacial score (nSPS) is 11.8. The van der Waals surface area contributed by atoms with Gasteiger partial charge in [0.05, 0.1) is 11.0 Å². The molecule has 0 bridgehead atoms. The first-order chi connectivity index (χ1) is 10.4. The number of nitrogens with zero attached hydrogens (tertiary/aromatic N) is 1. The fourth-order valence-corrected chi connectivity index (χ4v) is 2.12. The van der Waals surface area contributed by atoms with Gasteiger partial charge in [-0.2, -0.15) is 0 Å². The van der Waals surface area contributed by atoms with E-state index in [1.165, 1.54) is 18.2 Å². The number of hydrogen-bond donors (Lipinski definition) is 2. The number of carbonyl (C=O) groups excluding carboxylic acids is 1. The standard InChI is InChI=1S/C16H16N2O4/c1-10-7-8-12(9-15(10)18(21)22)16(20)17-14-6-4-3-5-13(14)11(2)19/h3-9,11,19H,1-2H3,(H,17,20). The van der Waals surface area contributed by atoms with E-state index in [2.05, 4.69) is 5.32 Å². The Balaban J connectivity index is 2.31. The lowest BCUT2D eigenvalue weighted by Crippen LogP contribution is -2.14. The molecule has 2 aromatic rings. The van der Waals surface area contributed by atoms with Gasteiger partial charge in [0.2, 0.25) is 0 Å². The molecule has 1 unspecified atom stereocenters. The molecule has 0 aromatic heterocycles. The number of aliphatic hydroxyl groups excluding tert-OH is 1. The number of rotatable bonds is 4. The molecule has 22 heavy (non-hydrogen) atoms. The van der Waals surface area contributed by atoms with Crippen molar-refractivity contribution in [2.45, 2.75) is 20.0 Å². The van der Waals surface area contributed by atoms with Gasteiger partial charge in [0, 0.05) is 28.4 Å². The summed E-state index contributed by atoms with van der Waals surface area (Å²) in [6, 6.07) is 11.2. The highest BCUT2D eigenvalue weighted by molar-refractivity contribution is 6.05. The van der Waals surface area contributed by atoms with Gasteiger partial charge in [-0.1, -0.05) is 24.3 Å². The van der Waals surface area contributed by atoms with Crippen LogP contribution < -0.4 is 5.32 Å². The van der Waals surface area contributed by atoms with Crippen LogP contribution in [0.4, 0.5) is 11.4 Å². The zero-order chi connectivity index (χ0) is 16.3. The number of aryl methyl sites for hydroxylation is 1. The average molecular weight is 300 g/mol. The summed E-state index contributed by atoms with van der Waals surface area (Å²) in [6.45, 7) is 3.21. The number of para-hydroxylation sites is 1. The number of nitrogens with one attached hydrogen (secondary N) is 1. The average Bonchev–Trinajstić information content (AvgIpc) is 2.47. The summed E-state index contributed by atoms with van der Waals surface area (Å²) >= 11 is 0. The van der Waals surface area contributed by atoms with Crippen molar-refractivity contribution in [1.82, 2.24) is 0 Å². The van der Waals surface area contributed by atoms with Crippen molar-refractivity contribution < 1.29 is 14.8 Å². The minimum atomic E-state index is -0.733. The maximum atomic E-state index is 12.3. The van der Waals surface area contributed by atoms with Crippen LogP contribution in [-0.2, 0) is 0 Å². The molecule has 0 fully saturated rings. The fraction of sp³-hybridized carbons (Fsp3) is 0.188. The van der Waals surface area contributed by atoms with Crippen LogP contribution in [0, 0.1) is 17.0 Å². The van der Waals surface area contributed by atoms with Crippen LogP contribution in [0.5, 0.6) is 0 Å². The van der Waals surface area contributed by atoms with Crippen LogP contribution in [0.1, 0.15) is 34.5 Å². The van der Waals surface area contributed by atoms with E-state index in [0.717, 1.165) is 0 Å². The SMILES string of the molecule is Cc1ccc(C(=O)Nc2ccccc2C(C)O)cc1[N+](=O)[O-]. The highest BCUT2D eigenvalue weighted by atomic mass is 16.6. The van der Waals surface area contributed by atoms with Gasteiger partial charge in [0.15, 0.2) is 0 Å². The number of anilines is 1. The second-order valence-electron chi connectivity index (χ2n) is 4.98. The van der Waals surface area contributed by atoms with Crippen molar-refractivity contribution in [3.05, 3.63) is 69.3 Å². The molecular formula is C16H16N2O4. The third kappa shape index (κ3) is 3.29. The maximum absolute atomic E-state index is 12.3. The summed E-state index contributed by atoms with van der Waals surface area (Å²) in [5.74, 6) is -0.462. The van der Waals surface area contributed by atoms with E-state index in [-0.39, 0.29) is 11.3 Å². The Bertz CT molecular complexity index is 726. The van der Waals surface area contributed by atoms with Crippen molar-refractivity contribution in [2.75, 3.05) is 5.32 Å². The lowest BCUT2D eigenvalue weighted by molar-refractivity contribution is -0.385. The van der Waals surface area contributed by atoms with Crippen LogP contribution in [0.25, 0.3) is 0 Å². The second kappa shape index (κ2) is 6.36. The largest absolute Gasteiger partial charge is 0.389 e. The minimum Gasteiger partial charge on any atom is -0.389 e. The lowest BCUT2D eigenvalue weighted by atomic mass is 10.1. The quantitative estimate of drug-likeness (QED) is 0.670. The van der Waals surface area contributed by atoms with E-state index in [9.17, 15) is 20.0 Å². The number of carbonyl (C=O) groups is 1. The van der Waals surface area contributed by atoms with Crippen LogP contribution in [0.2, 0.25) is 0 Å². The summed E-state index contributed by atoms with van der Waals surface area (Å²) in [6.07, 6.45) is -0.733. The zero-order valence-electron chi connectivity index (χ0n) is 12.2. The van der Waals surface area contributed by atoms with Crippen molar-refractivity contribution in [3.8, 4) is 0 Å². The monoisotopic (exact) mass is 300 g/mol. The van der Waals surface area contributed by atoms with Gasteiger partial charge in [-0.15, -0.1) is 0 Å². The molecule has 6 heteroatoms. The van der Waals surface area contributed by atoms with Gasteiger partial charge in [0.1, 0.15) is 0 Å². The first kappa shape index (κ1) is 15.7. The molecule has 0 saturated carbocycles. The topological polar surface area (TPSA) is 92.5 Å². The van der Waals surface area contributed by atoms with Gasteiger partial charge in [-0.3, -0.25) is 14.9 Å². The Morgan fingerprint density at radius 3 is 2.59 bits per heavy atom. The van der Waals surface area contributed by atoms with E-state index >= 15 is 0 Å². The second-order valence-corrected chi connectivity index (χ2v) is 4.98. The number of nitro benzene ring substituents is 1. The summed E-state index contributed by atoms with van der Waals surface area (Å²) in [5, 5.41) is 23.3. The Morgan fingerprint density at radius 1 is 1.27 bits per heavy atom. The van der Waals surface area contributed by atoms with Gasteiger partial charge in [-0.05, 0) is 26.0 Å². The molecule has 2 rings (SSSR count). The minimum absolute atomic E-state index is 0.100. The van der Waals surface area contributed by atoms with E-state index < -0.39 is 16.9 Å². The molecule has 1 amide bonds. The summed E-state index contributed by atoms with van der Waals surface area (Å²) in [4.78, 5) is 22.7. The van der Waals surface area contributed by atoms with Gasteiger partial charge in [0.25, 0.3) is 11.6 Å². The summed E-state index contributed by atoms with van der Waals surface area (Å²) in [7, 11) is 0. The maximum Gasteiger partial charge on any atom is 0.273 e. The third-order valence-electron chi connectivity index (χ3n) is 3.33. The molecule has 0 aliphatic heterocycles. The van der Waals surface area contributed by atoms with Crippen molar-refractivity contribution >= 4 is 17.3 Å². The number of benzene rings is 2. The van der Waals surface area contributed by atoms with E-state index in [4.69, 9.17) is 0 Å². The molecule has 1 atom stereocenters. The van der Waals surface area contributed by atoms with Crippen molar-refractivity contribution in [2.24, 2.45) is 0 Å². The molecule has 0 saturated heterocycles. The summed E-state index contributed by atoms with van der Waals surface area (Å²) in [5.41, 5.74) is 1.64. The van der Waals surface area contributed by atoms with Crippen LogP contribution in [0.15, 0.2) is 42.5 Å². The Kier molecular flexibility index (Phi) is 4.53. The van der Waals surface area contributed by atoms with E-state index in [1.54, 1.807) is 38.1 Å². The smallest absolute Gasteiger partial charge is 0.273 e. The molecule has 2 aromatic carbocycles. The molecule has 0 heterocycles. The fourth-order valence-electron chi connectivity index (χ4n) is 2.12. The molecule has 6 nitrogen and oxygen atoms in total. The molecule has 114 valence electrons. The molecule has 0 aliphatic rings. The highest BCUT2D eigenvalue weighted by Crippen LogP contribution is 2.24. The number of nitro groups is 1. The van der Waals surface area contributed by atoms with Gasteiger partial charge >= 0.3 is 0 Å².